The second-order valence-corrected chi connectivity index (χ2v) is 5.66. The van der Waals surface area contributed by atoms with Gasteiger partial charge in [0, 0.05) is 36.3 Å². The van der Waals surface area contributed by atoms with Crippen LogP contribution in [0.25, 0.3) is 22.4 Å². The first-order chi connectivity index (χ1) is 11.8. The van der Waals surface area contributed by atoms with E-state index in [4.69, 9.17) is 25.5 Å². The zero-order chi connectivity index (χ0) is 16.5. The molecule has 0 unspecified atom stereocenters. The number of imidazole rings is 1. The Labute approximate surface area is 139 Å². The van der Waals surface area contributed by atoms with Crippen molar-refractivity contribution >= 4 is 16.7 Å². The van der Waals surface area contributed by atoms with Crippen molar-refractivity contribution in [3.05, 3.63) is 36.4 Å². The maximum Gasteiger partial charge on any atom is 0.231 e. The van der Waals surface area contributed by atoms with E-state index >= 15 is 0 Å². The molecule has 0 saturated carbocycles. The quantitative estimate of drug-likeness (QED) is 0.588. The summed E-state index contributed by atoms with van der Waals surface area (Å²) in [5.41, 5.74) is 9.31. The average molecular weight is 320 g/mol. The molecule has 3 aromatic rings. The van der Waals surface area contributed by atoms with E-state index in [-0.39, 0.29) is 6.79 Å². The highest BCUT2D eigenvalue weighted by Gasteiger charge is 2.19. The second-order valence-electron chi connectivity index (χ2n) is 5.66. The number of anilines is 1. The van der Waals surface area contributed by atoms with Gasteiger partial charge < -0.3 is 19.8 Å². The molecule has 0 atom stereocenters. The molecule has 0 saturated heterocycles. The molecule has 6 heteroatoms. The number of nitrogens with zero attached hydrogens (tertiary/aromatic N) is 3. The lowest BCUT2D eigenvalue weighted by atomic mass is 10.2. The van der Waals surface area contributed by atoms with Crippen LogP contribution in [0.2, 0.25) is 0 Å². The van der Waals surface area contributed by atoms with Crippen LogP contribution in [0.4, 0.5) is 5.69 Å². The molecule has 0 amide bonds. The first kappa shape index (κ1) is 14.4. The Morgan fingerprint density at radius 1 is 1.17 bits per heavy atom. The van der Waals surface area contributed by atoms with E-state index in [0.29, 0.717) is 24.4 Å². The number of aromatic nitrogens is 2. The molecule has 120 valence electrons. The monoisotopic (exact) mass is 320 g/mol. The number of aryl methyl sites for hydroxylation is 1. The summed E-state index contributed by atoms with van der Waals surface area (Å²) in [4.78, 5) is 4.77. The smallest absolute Gasteiger partial charge is 0.231 e. The lowest BCUT2D eigenvalue weighted by Gasteiger charge is -2.09. The highest BCUT2D eigenvalue weighted by molar-refractivity contribution is 5.84. The summed E-state index contributed by atoms with van der Waals surface area (Å²) in [5.74, 6) is 2.30. The predicted molar refractivity (Wildman–Crippen MR) is 90.6 cm³/mol. The van der Waals surface area contributed by atoms with Gasteiger partial charge in [-0.15, -0.1) is 0 Å². The van der Waals surface area contributed by atoms with Gasteiger partial charge >= 0.3 is 0 Å². The van der Waals surface area contributed by atoms with Gasteiger partial charge in [-0.25, -0.2) is 4.98 Å². The molecular weight excluding hydrogens is 304 g/mol. The van der Waals surface area contributed by atoms with Crippen molar-refractivity contribution in [3.8, 4) is 29.0 Å². The molecule has 2 heterocycles. The lowest BCUT2D eigenvalue weighted by molar-refractivity contribution is 0.174. The van der Waals surface area contributed by atoms with Gasteiger partial charge in [0.05, 0.1) is 17.1 Å². The van der Waals surface area contributed by atoms with Gasteiger partial charge in [-0.1, -0.05) is 0 Å². The summed E-state index contributed by atoms with van der Waals surface area (Å²) in [6.45, 7) is 0.949. The molecular formula is C18H16N4O2. The fourth-order valence-corrected chi connectivity index (χ4v) is 2.91. The normalized spacial score (nSPS) is 12.5. The van der Waals surface area contributed by atoms with E-state index in [1.165, 1.54) is 0 Å². The second kappa shape index (κ2) is 5.78. The van der Waals surface area contributed by atoms with Crippen LogP contribution in [0.5, 0.6) is 11.5 Å². The van der Waals surface area contributed by atoms with Crippen LogP contribution in [0.1, 0.15) is 12.8 Å². The van der Waals surface area contributed by atoms with E-state index in [9.17, 15) is 0 Å². The van der Waals surface area contributed by atoms with Crippen LogP contribution in [0.15, 0.2) is 36.4 Å². The standard InChI is InChI=1S/C18H16N4O2/c19-7-1-2-8-22-15-10-17-16(23-11-24-17)9-14(15)21-18(22)12-3-5-13(20)6-4-12/h3-6,9-10H,1-2,8,11,20H2. The van der Waals surface area contributed by atoms with Crippen molar-refractivity contribution in [2.24, 2.45) is 0 Å². The van der Waals surface area contributed by atoms with E-state index in [1.54, 1.807) is 0 Å². The SMILES string of the molecule is N#CCCCn1c(-c2ccc(N)cc2)nc2cc3c(cc21)OCO3. The number of hydrogen-bond acceptors (Lipinski definition) is 5. The molecule has 24 heavy (non-hydrogen) atoms. The summed E-state index contributed by atoms with van der Waals surface area (Å²) in [7, 11) is 0. The third kappa shape index (κ3) is 2.40. The molecule has 0 spiro atoms. The van der Waals surface area contributed by atoms with Crippen molar-refractivity contribution in [1.29, 1.82) is 5.26 Å². The fourth-order valence-electron chi connectivity index (χ4n) is 2.91. The topological polar surface area (TPSA) is 86.1 Å². The molecule has 0 aliphatic carbocycles. The zero-order valence-corrected chi connectivity index (χ0v) is 13.0. The van der Waals surface area contributed by atoms with Crippen LogP contribution < -0.4 is 15.2 Å². The minimum atomic E-state index is 0.237. The van der Waals surface area contributed by atoms with Crippen molar-refractivity contribution in [3.63, 3.8) is 0 Å². The van der Waals surface area contributed by atoms with E-state index in [2.05, 4.69) is 10.6 Å². The Hall–Kier alpha value is -3.20. The highest BCUT2D eigenvalue weighted by atomic mass is 16.7. The molecule has 0 bridgehead atoms. The number of benzene rings is 2. The van der Waals surface area contributed by atoms with Gasteiger partial charge in [-0.3, -0.25) is 0 Å². The molecule has 1 aliphatic heterocycles. The summed E-state index contributed by atoms with van der Waals surface area (Å²) in [6, 6.07) is 13.7. The van der Waals surface area contributed by atoms with Crippen LogP contribution in [0.3, 0.4) is 0 Å². The summed E-state index contributed by atoms with van der Waals surface area (Å²) in [6.07, 6.45) is 1.27. The van der Waals surface area contributed by atoms with Gasteiger partial charge in [0.1, 0.15) is 5.82 Å². The number of nitrogen functional groups attached to an aromatic ring is 1. The van der Waals surface area contributed by atoms with Gasteiger partial charge in [-0.05, 0) is 30.7 Å². The largest absolute Gasteiger partial charge is 0.454 e. The molecule has 1 aromatic heterocycles. The maximum atomic E-state index is 8.83. The number of nitriles is 1. The lowest BCUT2D eigenvalue weighted by Crippen LogP contribution is -2.01. The Bertz CT molecular complexity index is 938. The van der Waals surface area contributed by atoms with Crippen molar-refractivity contribution in [1.82, 2.24) is 9.55 Å². The van der Waals surface area contributed by atoms with Gasteiger partial charge in [0.25, 0.3) is 0 Å². The van der Waals surface area contributed by atoms with Crippen LogP contribution >= 0.6 is 0 Å². The van der Waals surface area contributed by atoms with Gasteiger partial charge in [-0.2, -0.15) is 5.26 Å². The number of ether oxygens (including phenoxy) is 2. The minimum absolute atomic E-state index is 0.237. The van der Waals surface area contributed by atoms with E-state index in [1.807, 2.05) is 36.4 Å². The van der Waals surface area contributed by atoms with Crippen molar-refractivity contribution in [2.75, 3.05) is 12.5 Å². The van der Waals surface area contributed by atoms with Crippen molar-refractivity contribution in [2.45, 2.75) is 19.4 Å². The Morgan fingerprint density at radius 2 is 1.92 bits per heavy atom. The van der Waals surface area contributed by atoms with E-state index in [0.717, 1.165) is 34.6 Å². The van der Waals surface area contributed by atoms with Gasteiger partial charge in [0.2, 0.25) is 6.79 Å². The van der Waals surface area contributed by atoms with Crippen LogP contribution in [-0.4, -0.2) is 16.3 Å². The molecule has 6 nitrogen and oxygen atoms in total. The zero-order valence-electron chi connectivity index (χ0n) is 13.0. The molecule has 2 N–H and O–H groups in total. The molecule has 0 radical (unpaired) electrons. The van der Waals surface area contributed by atoms with Crippen molar-refractivity contribution < 1.29 is 9.47 Å². The molecule has 1 aliphatic rings. The third-order valence-electron chi connectivity index (χ3n) is 4.08. The number of unbranched alkanes of at least 4 members (excludes halogenated alkanes) is 1. The number of fused-ring (bicyclic) bond motifs is 2. The Kier molecular flexibility index (Phi) is 3.47. The third-order valence-corrected chi connectivity index (χ3v) is 4.08. The first-order valence-corrected chi connectivity index (χ1v) is 7.79. The highest BCUT2D eigenvalue weighted by Crippen LogP contribution is 2.37. The number of nitrogens with two attached hydrogens (primary N) is 1. The first-order valence-electron chi connectivity index (χ1n) is 7.79. The Morgan fingerprint density at radius 3 is 2.67 bits per heavy atom. The summed E-state index contributed by atoms with van der Waals surface area (Å²) >= 11 is 0. The molecule has 2 aromatic carbocycles. The maximum absolute atomic E-state index is 8.83. The fraction of sp³-hybridized carbons (Fsp3) is 0.222. The minimum Gasteiger partial charge on any atom is -0.454 e. The van der Waals surface area contributed by atoms with Gasteiger partial charge in [0.15, 0.2) is 11.5 Å². The Balaban J connectivity index is 1.86. The number of hydrogen-bond donors (Lipinski definition) is 1. The predicted octanol–water partition coefficient (Wildman–Crippen LogP) is 3.32. The number of rotatable bonds is 4. The van der Waals surface area contributed by atoms with Crippen LogP contribution in [-0.2, 0) is 6.54 Å². The molecule has 4 rings (SSSR count). The summed E-state index contributed by atoms with van der Waals surface area (Å²) < 4.78 is 13.1. The molecule has 0 fully saturated rings. The summed E-state index contributed by atoms with van der Waals surface area (Å²) in [5, 5.41) is 8.83. The average Bonchev–Trinajstić information content (AvgIpc) is 3.18. The van der Waals surface area contributed by atoms with Crippen LogP contribution in [0, 0.1) is 11.3 Å². The van der Waals surface area contributed by atoms with E-state index < -0.39 is 0 Å².